The highest BCUT2D eigenvalue weighted by molar-refractivity contribution is 5.93. The topological polar surface area (TPSA) is 135 Å². The maximum atomic E-state index is 13.4. The van der Waals surface area contributed by atoms with Gasteiger partial charge in [-0.05, 0) is 61.8 Å². The number of ether oxygens (including phenoxy) is 1. The number of piperazine rings is 1. The highest BCUT2D eigenvalue weighted by Gasteiger charge is 2.33. The minimum absolute atomic E-state index is 0.0224. The van der Waals surface area contributed by atoms with E-state index in [0.29, 0.717) is 41.8 Å². The number of carbonyl (C=O) groups is 2. The lowest BCUT2D eigenvalue weighted by atomic mass is 9.81. The second kappa shape index (κ2) is 14.5. The molecule has 4 heterocycles. The van der Waals surface area contributed by atoms with Gasteiger partial charge in [0, 0.05) is 69.1 Å². The number of nitrogens with two attached hydrogens (primary N) is 1. The van der Waals surface area contributed by atoms with Crippen molar-refractivity contribution in [2.45, 2.75) is 58.5 Å². The van der Waals surface area contributed by atoms with E-state index in [1.807, 2.05) is 16.9 Å². The van der Waals surface area contributed by atoms with Crippen LogP contribution >= 0.6 is 0 Å². The number of nitrogens with one attached hydrogen (secondary N) is 1. The number of fused-ring (bicyclic) bond motifs is 1. The number of hydrogen-bond acceptors (Lipinski definition) is 9. The number of allylic oxidation sites excluding steroid dienone is 1. The minimum atomic E-state index is 0.0224. The zero-order valence-electron chi connectivity index (χ0n) is 27.7. The monoisotopic (exact) mass is 641 g/mol. The molecule has 2 fully saturated rings. The Morgan fingerprint density at radius 3 is 2.57 bits per heavy atom. The summed E-state index contributed by atoms with van der Waals surface area (Å²) in [6, 6.07) is 6.31. The average Bonchev–Trinajstić information content (AvgIpc) is 3.63. The number of amides is 2. The highest BCUT2D eigenvalue weighted by atomic mass is 16.5. The van der Waals surface area contributed by atoms with Crippen molar-refractivity contribution in [1.29, 1.82) is 0 Å². The van der Waals surface area contributed by atoms with Crippen molar-refractivity contribution < 1.29 is 14.3 Å². The summed E-state index contributed by atoms with van der Waals surface area (Å²) in [6.45, 7) is 12.1. The summed E-state index contributed by atoms with van der Waals surface area (Å²) in [5, 5.41) is 8.14. The number of hydrogen-bond donors (Lipinski definition) is 2. The Kier molecular flexibility index (Phi) is 10.1. The Labute approximate surface area is 276 Å². The number of benzene rings is 1. The maximum Gasteiger partial charge on any atom is 0.251 e. The van der Waals surface area contributed by atoms with Crippen molar-refractivity contribution in [3.05, 3.63) is 60.0 Å². The van der Waals surface area contributed by atoms with Crippen LogP contribution in [0.15, 0.2) is 48.8 Å². The number of nitrogens with zero attached hydrogens (tertiary/aromatic N) is 7. The number of methoxy groups -OCH3 is 1. The van der Waals surface area contributed by atoms with Crippen molar-refractivity contribution in [1.82, 2.24) is 34.4 Å². The molecule has 250 valence electrons. The molecule has 47 heavy (non-hydrogen) atoms. The van der Waals surface area contributed by atoms with E-state index in [9.17, 15) is 9.59 Å². The van der Waals surface area contributed by atoms with Gasteiger partial charge in [-0.1, -0.05) is 26.0 Å². The summed E-state index contributed by atoms with van der Waals surface area (Å²) in [5.74, 6) is 2.51. The summed E-state index contributed by atoms with van der Waals surface area (Å²) in [4.78, 5) is 40.5. The minimum Gasteiger partial charge on any atom is -0.496 e. The summed E-state index contributed by atoms with van der Waals surface area (Å²) in [6.07, 6.45) is 11.1. The second-order valence-electron chi connectivity index (χ2n) is 13.0. The second-order valence-corrected chi connectivity index (χ2v) is 13.0. The van der Waals surface area contributed by atoms with E-state index in [4.69, 9.17) is 15.6 Å². The van der Waals surface area contributed by atoms with Crippen LogP contribution in [0.3, 0.4) is 0 Å². The third-order valence-electron chi connectivity index (χ3n) is 9.69. The highest BCUT2D eigenvalue weighted by Crippen LogP contribution is 2.32. The Balaban J connectivity index is 1.02. The third kappa shape index (κ3) is 7.59. The molecular formula is C35H47N9O3. The van der Waals surface area contributed by atoms with Gasteiger partial charge >= 0.3 is 0 Å². The first-order valence-corrected chi connectivity index (χ1v) is 16.9. The molecule has 2 amide bonds. The Bertz CT molecular complexity index is 1620. The molecule has 1 aromatic carbocycles. The number of anilines is 2. The van der Waals surface area contributed by atoms with Crippen molar-refractivity contribution in [3.8, 4) is 5.75 Å². The standard InChI is InChI=1S/C35H47N9O3/c1-4-5-14-37-33-32-29(38-35(36)39-33)23-43(40-32)22-28-19-26(9-12-30(28)47-3)20-41-15-17-42(18-16-41)34(46)27-10-7-25(8-11-27)21-44-24(2)6-13-31(44)45/h6,9,12-13,19,23,25,27H,2,4-5,7-8,10-11,14-18,20-22H2,1,3H3,(H3,36,37,38,39). The van der Waals surface area contributed by atoms with Crippen LogP contribution in [-0.4, -0.2) is 92.6 Å². The van der Waals surface area contributed by atoms with Crippen LogP contribution in [0.5, 0.6) is 5.75 Å². The first-order chi connectivity index (χ1) is 22.8. The van der Waals surface area contributed by atoms with Crippen molar-refractivity contribution >= 4 is 34.6 Å². The zero-order valence-corrected chi connectivity index (χ0v) is 27.7. The normalized spacial score (nSPS) is 20.4. The molecule has 12 heteroatoms. The molecule has 1 saturated heterocycles. The zero-order chi connectivity index (χ0) is 32.9. The quantitative estimate of drug-likeness (QED) is 0.281. The molecule has 3 aromatic rings. The van der Waals surface area contributed by atoms with E-state index >= 15 is 0 Å². The van der Waals surface area contributed by atoms with Gasteiger partial charge in [0.05, 0.1) is 19.9 Å². The van der Waals surface area contributed by atoms with Crippen molar-refractivity contribution in [2.75, 3.05) is 57.4 Å². The molecule has 3 N–H and O–H groups in total. The molecule has 2 aliphatic heterocycles. The lowest BCUT2D eigenvalue weighted by Gasteiger charge is -2.38. The fourth-order valence-corrected chi connectivity index (χ4v) is 6.98. The van der Waals surface area contributed by atoms with E-state index in [-0.39, 0.29) is 17.8 Å². The smallest absolute Gasteiger partial charge is 0.251 e. The van der Waals surface area contributed by atoms with Crippen LogP contribution in [0.2, 0.25) is 0 Å². The van der Waals surface area contributed by atoms with E-state index in [2.05, 4.69) is 50.7 Å². The van der Waals surface area contributed by atoms with Gasteiger partial charge in [-0.3, -0.25) is 19.2 Å². The fourth-order valence-electron chi connectivity index (χ4n) is 6.98. The molecule has 1 saturated carbocycles. The number of carbonyl (C=O) groups excluding carboxylic acids is 2. The SMILES string of the molecule is C=C1C=CC(=O)N1CC1CCC(C(=O)N2CCN(Cc3ccc(OC)c(Cn4cc5nc(N)nc(NCCCC)c5n4)c3)CC2)CC1. The van der Waals surface area contributed by atoms with E-state index in [1.54, 1.807) is 24.2 Å². The molecule has 0 radical (unpaired) electrons. The fraction of sp³-hybridized carbons (Fsp3) is 0.514. The van der Waals surface area contributed by atoms with E-state index < -0.39 is 0 Å². The van der Waals surface area contributed by atoms with Gasteiger partial charge in [0.25, 0.3) is 5.91 Å². The molecule has 0 spiro atoms. The van der Waals surface area contributed by atoms with Gasteiger partial charge in [-0.25, -0.2) is 4.98 Å². The van der Waals surface area contributed by atoms with Crippen LogP contribution < -0.4 is 15.8 Å². The van der Waals surface area contributed by atoms with E-state index in [1.165, 1.54) is 5.56 Å². The molecule has 0 unspecified atom stereocenters. The van der Waals surface area contributed by atoms with Crippen molar-refractivity contribution in [3.63, 3.8) is 0 Å². The third-order valence-corrected chi connectivity index (χ3v) is 9.69. The molecule has 6 rings (SSSR count). The van der Waals surface area contributed by atoms with E-state index in [0.717, 1.165) is 94.8 Å². The van der Waals surface area contributed by atoms with Gasteiger partial charge < -0.3 is 25.6 Å². The number of rotatable bonds is 12. The molecule has 1 aliphatic carbocycles. The summed E-state index contributed by atoms with van der Waals surface area (Å²) >= 11 is 0. The number of unbranched alkanes of at least 4 members (excludes halogenated alkanes) is 1. The van der Waals surface area contributed by atoms with Crippen LogP contribution in [0.4, 0.5) is 11.8 Å². The Hall–Kier alpha value is -4.45. The first-order valence-electron chi connectivity index (χ1n) is 16.9. The van der Waals surface area contributed by atoms with Crippen LogP contribution in [0.25, 0.3) is 11.0 Å². The average molecular weight is 642 g/mol. The van der Waals surface area contributed by atoms with Gasteiger partial charge in [-0.15, -0.1) is 0 Å². The predicted molar refractivity (Wildman–Crippen MR) is 183 cm³/mol. The maximum absolute atomic E-state index is 13.4. The predicted octanol–water partition coefficient (Wildman–Crippen LogP) is 4.04. The number of nitrogen functional groups attached to an aromatic ring is 1. The van der Waals surface area contributed by atoms with Gasteiger partial charge in [-0.2, -0.15) is 10.1 Å². The van der Waals surface area contributed by atoms with Crippen LogP contribution in [-0.2, 0) is 22.7 Å². The van der Waals surface area contributed by atoms with Gasteiger partial charge in [0.1, 0.15) is 11.3 Å². The molecule has 0 atom stereocenters. The Morgan fingerprint density at radius 2 is 1.87 bits per heavy atom. The van der Waals surface area contributed by atoms with Gasteiger partial charge in [0.2, 0.25) is 11.9 Å². The van der Waals surface area contributed by atoms with Crippen molar-refractivity contribution in [2.24, 2.45) is 11.8 Å². The van der Waals surface area contributed by atoms with Gasteiger partial charge in [0.15, 0.2) is 11.3 Å². The summed E-state index contributed by atoms with van der Waals surface area (Å²) in [5.41, 5.74) is 10.4. The summed E-state index contributed by atoms with van der Waals surface area (Å²) < 4.78 is 7.57. The number of aromatic nitrogens is 4. The summed E-state index contributed by atoms with van der Waals surface area (Å²) in [7, 11) is 1.69. The largest absolute Gasteiger partial charge is 0.496 e. The lowest BCUT2D eigenvalue weighted by molar-refractivity contribution is -0.139. The molecule has 3 aliphatic rings. The first kappa shape index (κ1) is 32.5. The Morgan fingerprint density at radius 1 is 1.09 bits per heavy atom. The molecule has 2 aromatic heterocycles. The molecule has 12 nitrogen and oxygen atoms in total. The van der Waals surface area contributed by atoms with Crippen LogP contribution in [0.1, 0.15) is 56.6 Å². The lowest BCUT2D eigenvalue weighted by Crippen LogP contribution is -2.50. The molecular weight excluding hydrogens is 594 g/mol. The molecule has 0 bridgehead atoms. The van der Waals surface area contributed by atoms with Crippen LogP contribution in [0, 0.1) is 11.8 Å².